The number of carbonyl (C=O) groups is 2. The molecule has 75 heavy (non-hydrogen) atoms. The third-order valence-electron chi connectivity index (χ3n) is 23.2. The molecule has 2 aromatic rings. The average molecular weight is 1060 g/mol. The van der Waals surface area contributed by atoms with Crippen LogP contribution < -0.4 is 0 Å². The van der Waals surface area contributed by atoms with Crippen molar-refractivity contribution in [1.82, 2.24) is 0 Å². The van der Waals surface area contributed by atoms with Crippen molar-refractivity contribution in [3.63, 3.8) is 0 Å². The summed E-state index contributed by atoms with van der Waals surface area (Å²) in [7, 11) is 4.02. The number of rotatable bonds is 8. The minimum atomic E-state index is -1.72. The minimum Gasteiger partial charge on any atom is -0.462 e. The second kappa shape index (κ2) is 21.7. The van der Waals surface area contributed by atoms with Crippen LogP contribution >= 0.6 is 21.6 Å². The van der Waals surface area contributed by atoms with Gasteiger partial charge >= 0.3 is 11.9 Å². The molecule has 13 atom stereocenters. The summed E-state index contributed by atoms with van der Waals surface area (Å²) < 4.78 is 13.2. The number of hydrogen-bond donors (Lipinski definition) is 3. The number of aliphatic hydroxyl groups excluding tert-OH is 2. The van der Waals surface area contributed by atoms with Gasteiger partial charge in [0.05, 0.1) is 34.1 Å². The first-order valence-electron chi connectivity index (χ1n) is 30.2. The Balaban J connectivity index is 1.12. The zero-order valence-electron chi connectivity index (χ0n) is 45.8. The van der Waals surface area contributed by atoms with Gasteiger partial charge in [-0.3, -0.25) is 4.79 Å². The molecule has 1 saturated heterocycles. The van der Waals surface area contributed by atoms with E-state index < -0.39 is 51.5 Å². The van der Waals surface area contributed by atoms with Crippen LogP contribution in [0.4, 0.5) is 0 Å². The first-order chi connectivity index (χ1) is 36.2. The summed E-state index contributed by atoms with van der Waals surface area (Å²) in [5.41, 5.74) is -2.24. The summed E-state index contributed by atoms with van der Waals surface area (Å²) in [6, 6.07) is 22.3. The van der Waals surface area contributed by atoms with E-state index in [1.165, 1.54) is 49.7 Å². The molecule has 3 aliphatic heterocycles. The number of cyclic esters (lactones) is 1. The van der Waals surface area contributed by atoms with Crippen LogP contribution in [0.15, 0.2) is 72.3 Å². The monoisotopic (exact) mass is 1060 g/mol. The lowest BCUT2D eigenvalue weighted by molar-refractivity contribution is -0.339. The van der Waals surface area contributed by atoms with Crippen molar-refractivity contribution in [1.29, 1.82) is 0 Å². The van der Waals surface area contributed by atoms with E-state index in [0.29, 0.717) is 38.0 Å². The first-order valence-corrected chi connectivity index (χ1v) is 32.7. The van der Waals surface area contributed by atoms with Gasteiger partial charge in [-0.2, -0.15) is 0 Å². The largest absolute Gasteiger partial charge is 0.462 e. The number of aliphatic hydroxyl groups is 3. The Morgan fingerprint density at radius 2 is 1.40 bits per heavy atom. The SMILES string of the molecule is CC1CCC(O)C23C(O)CCC(C)(C4CCCCC4)C2C2CC(C)(C#CCC4(CC(C5(c6ccccc6)CCCCC5)CC5(CCCC5)C4CSSCC(Cc4ccccc4)C1)C(=O)O2)C3(O)CCC1=CC(=O)OC1. The molecule has 408 valence electrons. The second-order valence-corrected chi connectivity index (χ2v) is 29.6. The number of carbonyl (C=O) groups excluding carboxylic acids is 2. The van der Waals surface area contributed by atoms with Crippen LogP contribution in [0.25, 0.3) is 0 Å². The lowest BCUT2D eigenvalue weighted by Gasteiger charge is -2.72. The smallest absolute Gasteiger partial charge is 0.331 e. The third kappa shape index (κ3) is 9.44. The summed E-state index contributed by atoms with van der Waals surface area (Å²) in [6.45, 7) is 7.01. The molecule has 6 saturated carbocycles. The van der Waals surface area contributed by atoms with Crippen LogP contribution in [0, 0.1) is 74.4 Å². The van der Waals surface area contributed by atoms with Crippen LogP contribution in [0.5, 0.6) is 0 Å². The van der Waals surface area contributed by atoms with E-state index in [-0.39, 0.29) is 59.5 Å². The number of hydrogen-bond acceptors (Lipinski definition) is 9. The molecular weight excluding hydrogens is 969 g/mol. The Kier molecular flexibility index (Phi) is 15.7. The van der Waals surface area contributed by atoms with Gasteiger partial charge in [-0.1, -0.05) is 153 Å². The molecule has 3 N–H and O–H groups in total. The topological polar surface area (TPSA) is 113 Å². The van der Waals surface area contributed by atoms with Crippen molar-refractivity contribution in [2.75, 3.05) is 18.1 Å². The lowest BCUT2D eigenvalue weighted by Crippen LogP contribution is -2.79. The highest BCUT2D eigenvalue weighted by molar-refractivity contribution is 8.76. The van der Waals surface area contributed by atoms with E-state index in [2.05, 4.69) is 93.3 Å². The molecule has 9 heteroatoms. The Bertz CT molecular complexity index is 2430. The van der Waals surface area contributed by atoms with Gasteiger partial charge in [-0.05, 0) is 172 Å². The fourth-order valence-corrected chi connectivity index (χ4v) is 22.7. The highest BCUT2D eigenvalue weighted by Crippen LogP contribution is 2.73. The zero-order valence-corrected chi connectivity index (χ0v) is 47.5. The van der Waals surface area contributed by atoms with Crippen molar-refractivity contribution in [2.45, 2.75) is 217 Å². The van der Waals surface area contributed by atoms with Gasteiger partial charge in [0.2, 0.25) is 0 Å². The Morgan fingerprint density at radius 3 is 2.12 bits per heavy atom. The maximum atomic E-state index is 17.0. The predicted octanol–water partition coefficient (Wildman–Crippen LogP) is 13.9. The minimum absolute atomic E-state index is 0.0445. The number of ether oxygens (including phenoxy) is 2. The van der Waals surface area contributed by atoms with Crippen molar-refractivity contribution in [3.05, 3.63) is 83.4 Å². The van der Waals surface area contributed by atoms with Gasteiger partial charge in [0, 0.05) is 36.3 Å². The van der Waals surface area contributed by atoms with Gasteiger partial charge in [0.1, 0.15) is 12.7 Å². The average Bonchev–Trinajstić information content (AvgIpc) is 4.11. The molecule has 11 rings (SSSR count). The Morgan fingerprint density at radius 1 is 0.720 bits per heavy atom. The summed E-state index contributed by atoms with van der Waals surface area (Å²) in [5.74, 6) is 9.93. The molecule has 0 amide bonds. The van der Waals surface area contributed by atoms with E-state index in [4.69, 9.17) is 9.47 Å². The summed E-state index contributed by atoms with van der Waals surface area (Å²) in [5, 5.41) is 42.1. The van der Waals surface area contributed by atoms with E-state index in [1.807, 2.05) is 21.6 Å². The maximum Gasteiger partial charge on any atom is 0.331 e. The molecule has 2 aromatic carbocycles. The molecule has 7 nitrogen and oxygen atoms in total. The quantitative estimate of drug-likeness (QED) is 0.135. The molecule has 7 fully saturated rings. The molecular formula is C66H90O7S2. The van der Waals surface area contributed by atoms with Crippen LogP contribution in [-0.4, -0.2) is 69.3 Å². The summed E-state index contributed by atoms with van der Waals surface area (Å²) in [6.07, 6.45) is 22.2. The first kappa shape index (κ1) is 54.2. The summed E-state index contributed by atoms with van der Waals surface area (Å²) >= 11 is 0. The van der Waals surface area contributed by atoms with Gasteiger partial charge in [0.15, 0.2) is 0 Å². The van der Waals surface area contributed by atoms with Crippen molar-refractivity contribution < 1.29 is 34.4 Å². The van der Waals surface area contributed by atoms with Crippen LogP contribution in [-0.2, 0) is 30.9 Å². The molecule has 13 unspecified atom stereocenters. The maximum absolute atomic E-state index is 17.0. The van der Waals surface area contributed by atoms with Crippen molar-refractivity contribution in [2.24, 2.45) is 62.6 Å². The molecule has 6 aliphatic carbocycles. The molecule has 9 aliphatic rings. The van der Waals surface area contributed by atoms with Gasteiger partial charge in [-0.25, -0.2) is 4.79 Å². The van der Waals surface area contributed by atoms with Crippen LogP contribution in [0.3, 0.4) is 0 Å². The van der Waals surface area contributed by atoms with Crippen molar-refractivity contribution >= 4 is 33.5 Å². The highest BCUT2D eigenvalue weighted by Gasteiger charge is 2.78. The number of benzene rings is 2. The molecule has 0 aromatic heterocycles. The van der Waals surface area contributed by atoms with Gasteiger partial charge in [0.25, 0.3) is 0 Å². The predicted molar refractivity (Wildman–Crippen MR) is 302 cm³/mol. The zero-order chi connectivity index (χ0) is 52.1. The van der Waals surface area contributed by atoms with E-state index in [1.54, 1.807) is 6.08 Å². The molecule has 0 radical (unpaired) electrons. The Hall–Kier alpha value is -2.74. The molecule has 3 heterocycles. The molecule has 4 bridgehead atoms. The third-order valence-corrected chi connectivity index (χ3v) is 25.8. The van der Waals surface area contributed by atoms with Crippen molar-refractivity contribution in [3.8, 4) is 11.8 Å². The molecule has 2 spiro atoms. The normalized spacial score (nSPS) is 41.2. The Labute approximate surface area is 458 Å². The summed E-state index contributed by atoms with van der Waals surface area (Å²) in [4.78, 5) is 29.6. The fraction of sp³-hybridized carbons (Fsp3) is 0.727. The van der Waals surface area contributed by atoms with E-state index in [0.717, 1.165) is 107 Å². The number of esters is 2. The highest BCUT2D eigenvalue weighted by atomic mass is 33.1. The lowest BCUT2D eigenvalue weighted by atomic mass is 9.35. The van der Waals surface area contributed by atoms with E-state index in [9.17, 15) is 20.1 Å². The van der Waals surface area contributed by atoms with Crippen LogP contribution in [0.2, 0.25) is 0 Å². The van der Waals surface area contributed by atoms with E-state index >= 15 is 4.79 Å². The second-order valence-electron chi connectivity index (χ2n) is 27.1. The van der Waals surface area contributed by atoms with Crippen LogP contribution in [0.1, 0.15) is 192 Å². The van der Waals surface area contributed by atoms with Gasteiger partial charge in [-0.15, -0.1) is 5.92 Å². The number of fused-ring (bicyclic) bond motifs is 3. The standard InChI is InChI=1S/C66H90O7S2/c1-46-25-26-55(67)66-56(68)28-35-61(3,50-21-10-5-11-22-50)58(66)53-42-60(2,65(66,71)36-27-48-39-57(69)72-43-48)29-18-34-64(59(70)73-53)41-52(63(32-14-7-15-33-63)51-23-12-6-13-24-51)40-62(30-16-17-31-62)54(64)45-75-74-44-49(37-46)38-47-19-8-4-9-20-47/h4,6,8-9,12-13,19-20,23-24,39,46,49-50,52-56,58,67-68,71H,5,7,10-11,14-17,21-22,25-28,30-38,40-45H2,1-3H3. The fourth-order valence-electron chi connectivity index (χ4n) is 19.7. The van der Waals surface area contributed by atoms with Gasteiger partial charge < -0.3 is 24.8 Å².